The van der Waals surface area contributed by atoms with Gasteiger partial charge >= 0.3 is 0 Å². The zero-order valence-corrected chi connectivity index (χ0v) is 12.0. The fourth-order valence-electron chi connectivity index (χ4n) is 3.10. The first-order chi connectivity index (χ1) is 10.3. The smallest absolute Gasteiger partial charge is 0.130 e. The third-order valence-electron chi connectivity index (χ3n) is 4.03. The Bertz CT molecular complexity index is 809. The van der Waals surface area contributed by atoms with Crippen molar-refractivity contribution in [2.45, 2.75) is 13.3 Å². The molecule has 0 fully saturated rings. The normalized spacial score (nSPS) is 13.1. The highest BCUT2D eigenvalue weighted by atomic mass is 16.3. The molecular weight excluding hydrogens is 256 g/mol. The second-order valence-corrected chi connectivity index (χ2v) is 5.57. The van der Waals surface area contributed by atoms with Gasteiger partial charge in [-0.05, 0) is 53.0 Å². The van der Waals surface area contributed by atoms with Crippen molar-refractivity contribution < 1.29 is 4.42 Å². The van der Waals surface area contributed by atoms with Gasteiger partial charge in [-0.2, -0.15) is 0 Å². The van der Waals surface area contributed by atoms with E-state index in [2.05, 4.69) is 55.5 Å². The lowest BCUT2D eigenvalue weighted by molar-refractivity contribution is 0.552. The predicted octanol–water partition coefficient (Wildman–Crippen LogP) is 5.35. The van der Waals surface area contributed by atoms with Crippen molar-refractivity contribution in [3.63, 3.8) is 0 Å². The SMILES string of the molecule is Cc1cc2c(c(-c3ccccc3)c1)C=C(c1ccco1)C2. The summed E-state index contributed by atoms with van der Waals surface area (Å²) in [7, 11) is 0. The summed E-state index contributed by atoms with van der Waals surface area (Å²) in [6.45, 7) is 2.16. The van der Waals surface area contributed by atoms with E-state index in [0.717, 1.165) is 12.2 Å². The Balaban J connectivity index is 1.88. The van der Waals surface area contributed by atoms with Crippen LogP contribution in [-0.2, 0) is 6.42 Å². The fourth-order valence-corrected chi connectivity index (χ4v) is 3.10. The molecule has 2 aromatic carbocycles. The first-order valence-corrected chi connectivity index (χ1v) is 7.25. The zero-order valence-electron chi connectivity index (χ0n) is 12.0. The van der Waals surface area contributed by atoms with Gasteiger partial charge in [0.1, 0.15) is 5.76 Å². The molecule has 0 aliphatic heterocycles. The van der Waals surface area contributed by atoms with Gasteiger partial charge in [0.05, 0.1) is 6.26 Å². The van der Waals surface area contributed by atoms with Crippen molar-refractivity contribution in [2.24, 2.45) is 0 Å². The molecule has 3 aromatic rings. The average molecular weight is 272 g/mol. The van der Waals surface area contributed by atoms with Crippen LogP contribution in [0.3, 0.4) is 0 Å². The lowest BCUT2D eigenvalue weighted by atomic mass is 9.95. The minimum Gasteiger partial charge on any atom is -0.465 e. The van der Waals surface area contributed by atoms with E-state index in [4.69, 9.17) is 4.42 Å². The van der Waals surface area contributed by atoms with Crippen molar-refractivity contribution in [1.29, 1.82) is 0 Å². The number of benzene rings is 2. The van der Waals surface area contributed by atoms with Gasteiger partial charge in [0, 0.05) is 6.42 Å². The number of aryl methyl sites for hydroxylation is 1. The molecule has 102 valence electrons. The Morgan fingerprint density at radius 3 is 2.57 bits per heavy atom. The molecule has 0 spiro atoms. The maximum absolute atomic E-state index is 5.56. The highest BCUT2D eigenvalue weighted by Gasteiger charge is 2.19. The van der Waals surface area contributed by atoms with E-state index in [1.54, 1.807) is 6.26 Å². The lowest BCUT2D eigenvalue weighted by Gasteiger charge is -2.09. The van der Waals surface area contributed by atoms with Crippen LogP contribution in [0.1, 0.15) is 22.5 Å². The first-order valence-electron chi connectivity index (χ1n) is 7.25. The molecule has 0 bridgehead atoms. The van der Waals surface area contributed by atoms with Gasteiger partial charge in [0.25, 0.3) is 0 Å². The number of furan rings is 1. The van der Waals surface area contributed by atoms with Gasteiger partial charge in [0.15, 0.2) is 0 Å². The summed E-state index contributed by atoms with van der Waals surface area (Å²) in [6.07, 6.45) is 4.96. The molecule has 1 heteroatoms. The molecule has 0 unspecified atom stereocenters. The Morgan fingerprint density at radius 1 is 0.952 bits per heavy atom. The van der Waals surface area contributed by atoms with Crippen LogP contribution < -0.4 is 0 Å². The zero-order chi connectivity index (χ0) is 14.2. The molecule has 0 N–H and O–H groups in total. The summed E-state index contributed by atoms with van der Waals surface area (Å²) in [5.74, 6) is 0.975. The molecule has 0 radical (unpaired) electrons. The van der Waals surface area contributed by atoms with Gasteiger partial charge in [-0.1, -0.05) is 48.0 Å². The standard InChI is InChI=1S/C20H16O/c1-14-10-16-12-17(20-8-5-9-21-20)13-19(16)18(11-14)15-6-3-2-4-7-15/h2-11,13H,12H2,1H3. The molecule has 1 aliphatic rings. The number of hydrogen-bond donors (Lipinski definition) is 0. The average Bonchev–Trinajstić information content (AvgIpc) is 3.16. The molecule has 1 nitrogen and oxygen atoms in total. The van der Waals surface area contributed by atoms with Crippen LogP contribution in [0.4, 0.5) is 0 Å². The number of hydrogen-bond acceptors (Lipinski definition) is 1. The van der Waals surface area contributed by atoms with Crippen LogP contribution in [0.25, 0.3) is 22.8 Å². The van der Waals surface area contributed by atoms with E-state index >= 15 is 0 Å². The van der Waals surface area contributed by atoms with Gasteiger partial charge in [0.2, 0.25) is 0 Å². The van der Waals surface area contributed by atoms with Crippen LogP contribution in [-0.4, -0.2) is 0 Å². The molecule has 0 saturated heterocycles. The summed E-state index contributed by atoms with van der Waals surface area (Å²) in [5, 5.41) is 0. The largest absolute Gasteiger partial charge is 0.465 e. The molecule has 0 atom stereocenters. The summed E-state index contributed by atoms with van der Waals surface area (Å²) in [4.78, 5) is 0. The molecule has 1 aromatic heterocycles. The van der Waals surface area contributed by atoms with Crippen molar-refractivity contribution in [3.8, 4) is 11.1 Å². The summed E-state index contributed by atoms with van der Waals surface area (Å²) >= 11 is 0. The van der Waals surface area contributed by atoms with Gasteiger partial charge in [-0.3, -0.25) is 0 Å². The second kappa shape index (κ2) is 4.78. The van der Waals surface area contributed by atoms with Gasteiger partial charge in [-0.15, -0.1) is 0 Å². The van der Waals surface area contributed by atoms with Gasteiger partial charge in [-0.25, -0.2) is 0 Å². The topological polar surface area (TPSA) is 13.1 Å². The van der Waals surface area contributed by atoms with E-state index in [0.29, 0.717) is 0 Å². The summed E-state index contributed by atoms with van der Waals surface area (Å²) in [6, 6.07) is 19.1. The van der Waals surface area contributed by atoms with E-state index in [1.165, 1.54) is 33.4 Å². The second-order valence-electron chi connectivity index (χ2n) is 5.57. The predicted molar refractivity (Wildman–Crippen MR) is 86.9 cm³/mol. The maximum atomic E-state index is 5.56. The summed E-state index contributed by atoms with van der Waals surface area (Å²) in [5.41, 5.74) is 7.87. The highest BCUT2D eigenvalue weighted by Crippen LogP contribution is 2.38. The third kappa shape index (κ3) is 2.11. The van der Waals surface area contributed by atoms with Crippen LogP contribution in [0, 0.1) is 6.92 Å². The van der Waals surface area contributed by atoms with Crippen molar-refractivity contribution in [3.05, 3.63) is 83.3 Å². The summed E-state index contributed by atoms with van der Waals surface area (Å²) < 4.78 is 5.56. The molecule has 4 rings (SSSR count). The highest BCUT2D eigenvalue weighted by molar-refractivity contribution is 5.93. The Kier molecular flexibility index (Phi) is 2.78. The number of allylic oxidation sites excluding steroid dienone is 1. The molecular formula is C20H16O. The van der Waals surface area contributed by atoms with Crippen LogP contribution in [0.15, 0.2) is 65.3 Å². The van der Waals surface area contributed by atoms with Gasteiger partial charge < -0.3 is 4.42 Å². The number of fused-ring (bicyclic) bond motifs is 1. The van der Waals surface area contributed by atoms with Crippen LogP contribution in [0.2, 0.25) is 0 Å². The first kappa shape index (κ1) is 12.2. The fraction of sp³-hybridized carbons (Fsp3) is 0.100. The molecule has 1 heterocycles. The molecule has 0 amide bonds. The number of rotatable bonds is 2. The third-order valence-corrected chi connectivity index (χ3v) is 4.03. The molecule has 0 saturated carbocycles. The molecule has 1 aliphatic carbocycles. The Labute approximate surface area is 124 Å². The van der Waals surface area contributed by atoms with E-state index < -0.39 is 0 Å². The van der Waals surface area contributed by atoms with Crippen molar-refractivity contribution in [2.75, 3.05) is 0 Å². The van der Waals surface area contributed by atoms with Crippen molar-refractivity contribution >= 4 is 11.6 Å². The minimum atomic E-state index is 0.949. The minimum absolute atomic E-state index is 0.949. The molecule has 21 heavy (non-hydrogen) atoms. The van der Waals surface area contributed by atoms with E-state index in [1.807, 2.05) is 12.1 Å². The van der Waals surface area contributed by atoms with E-state index in [9.17, 15) is 0 Å². The van der Waals surface area contributed by atoms with Crippen LogP contribution in [0.5, 0.6) is 0 Å². The van der Waals surface area contributed by atoms with Crippen LogP contribution >= 0.6 is 0 Å². The van der Waals surface area contributed by atoms with Crippen molar-refractivity contribution in [1.82, 2.24) is 0 Å². The quantitative estimate of drug-likeness (QED) is 0.612. The Hall–Kier alpha value is -2.54. The monoisotopic (exact) mass is 272 g/mol. The van der Waals surface area contributed by atoms with E-state index in [-0.39, 0.29) is 0 Å². The maximum Gasteiger partial charge on any atom is 0.130 e. The lowest BCUT2D eigenvalue weighted by Crippen LogP contribution is -1.90. The Morgan fingerprint density at radius 2 is 1.81 bits per heavy atom.